The number of hydrogen-bond donors (Lipinski definition) is 1. The van der Waals surface area contributed by atoms with Crippen LogP contribution in [0.3, 0.4) is 0 Å². The standard InChI is InChI=1S/C19H32O4/c1-2-3-4-9-13-22-14-12-18-16-23-15-17(18)10-7-5-6-8-11-19(20)21/h5,7-8,11,17-18H,2-4,6,9-10,12-16H2,1H3,(H,20,21)/b7-5?,11-8-/t17-,18+/m0/s1. The maximum Gasteiger partial charge on any atom is 0.327 e. The summed E-state index contributed by atoms with van der Waals surface area (Å²) >= 11 is 0. The summed E-state index contributed by atoms with van der Waals surface area (Å²) in [6, 6.07) is 0. The van der Waals surface area contributed by atoms with Gasteiger partial charge in [-0.1, -0.05) is 44.4 Å². The fourth-order valence-corrected chi connectivity index (χ4v) is 2.80. The predicted molar refractivity (Wildman–Crippen MR) is 92.5 cm³/mol. The molecule has 1 rings (SSSR count). The molecule has 1 aliphatic heterocycles. The lowest BCUT2D eigenvalue weighted by molar-refractivity contribution is -0.131. The minimum Gasteiger partial charge on any atom is -0.478 e. The minimum absolute atomic E-state index is 0.568. The lowest BCUT2D eigenvalue weighted by atomic mass is 9.90. The molecular weight excluding hydrogens is 292 g/mol. The maximum atomic E-state index is 10.3. The SMILES string of the molecule is CCCCCCOCC[C@@H]1COC[C@@H]1CC=CC/C=C\C(=O)O. The molecular formula is C19H32O4. The molecule has 1 heterocycles. The van der Waals surface area contributed by atoms with E-state index >= 15 is 0 Å². The Morgan fingerprint density at radius 1 is 1.13 bits per heavy atom. The average Bonchev–Trinajstić information content (AvgIpc) is 2.97. The summed E-state index contributed by atoms with van der Waals surface area (Å²) in [5.74, 6) is 0.264. The van der Waals surface area contributed by atoms with Gasteiger partial charge in [-0.15, -0.1) is 0 Å². The third-order valence-electron chi connectivity index (χ3n) is 4.24. The highest BCUT2D eigenvalue weighted by molar-refractivity contribution is 5.79. The second-order valence-electron chi connectivity index (χ2n) is 6.20. The first-order valence-electron chi connectivity index (χ1n) is 8.94. The van der Waals surface area contributed by atoms with Gasteiger partial charge in [-0.2, -0.15) is 0 Å². The molecule has 0 aromatic heterocycles. The highest BCUT2D eigenvalue weighted by Gasteiger charge is 2.26. The Labute approximate surface area is 140 Å². The van der Waals surface area contributed by atoms with E-state index in [0.29, 0.717) is 18.3 Å². The summed E-state index contributed by atoms with van der Waals surface area (Å²) in [7, 11) is 0. The van der Waals surface area contributed by atoms with Crippen LogP contribution in [0.5, 0.6) is 0 Å². The number of carboxylic acids is 1. The summed E-state index contributed by atoms with van der Waals surface area (Å²) in [5.41, 5.74) is 0. The van der Waals surface area contributed by atoms with Gasteiger partial charge in [0.25, 0.3) is 0 Å². The van der Waals surface area contributed by atoms with Gasteiger partial charge < -0.3 is 14.6 Å². The van der Waals surface area contributed by atoms with Crippen molar-refractivity contribution in [1.82, 2.24) is 0 Å². The van der Waals surface area contributed by atoms with Crippen molar-refractivity contribution in [2.45, 2.75) is 51.9 Å². The van der Waals surface area contributed by atoms with Gasteiger partial charge in [0.05, 0.1) is 6.61 Å². The largest absolute Gasteiger partial charge is 0.478 e. The topological polar surface area (TPSA) is 55.8 Å². The molecule has 0 aliphatic carbocycles. The summed E-state index contributed by atoms with van der Waals surface area (Å²) in [4.78, 5) is 10.3. The van der Waals surface area contributed by atoms with Crippen LogP contribution in [0.2, 0.25) is 0 Å². The van der Waals surface area contributed by atoms with Crippen LogP contribution in [-0.4, -0.2) is 37.5 Å². The second kappa shape index (κ2) is 13.3. The molecule has 0 unspecified atom stereocenters. The van der Waals surface area contributed by atoms with Gasteiger partial charge in [0.2, 0.25) is 0 Å². The van der Waals surface area contributed by atoms with E-state index in [4.69, 9.17) is 14.6 Å². The molecule has 0 saturated carbocycles. The van der Waals surface area contributed by atoms with Crippen molar-refractivity contribution in [2.24, 2.45) is 11.8 Å². The Hall–Kier alpha value is -1.13. The first kappa shape index (κ1) is 19.9. The molecule has 0 aromatic rings. The van der Waals surface area contributed by atoms with E-state index in [1.807, 2.05) is 6.08 Å². The third-order valence-corrected chi connectivity index (χ3v) is 4.24. The van der Waals surface area contributed by atoms with Crippen molar-refractivity contribution < 1.29 is 19.4 Å². The highest BCUT2D eigenvalue weighted by atomic mass is 16.5. The minimum atomic E-state index is -0.891. The van der Waals surface area contributed by atoms with Gasteiger partial charge in [-0.3, -0.25) is 0 Å². The first-order valence-corrected chi connectivity index (χ1v) is 8.94. The molecule has 132 valence electrons. The van der Waals surface area contributed by atoms with Crippen LogP contribution in [-0.2, 0) is 14.3 Å². The fourth-order valence-electron chi connectivity index (χ4n) is 2.80. The molecule has 1 N–H and O–H groups in total. The van der Waals surface area contributed by atoms with Crippen molar-refractivity contribution in [2.75, 3.05) is 26.4 Å². The van der Waals surface area contributed by atoms with Crippen LogP contribution < -0.4 is 0 Å². The monoisotopic (exact) mass is 324 g/mol. The molecule has 23 heavy (non-hydrogen) atoms. The van der Waals surface area contributed by atoms with Crippen LogP contribution in [0.4, 0.5) is 0 Å². The lowest BCUT2D eigenvalue weighted by Gasteiger charge is -2.15. The molecule has 1 fully saturated rings. The highest BCUT2D eigenvalue weighted by Crippen LogP contribution is 2.27. The van der Waals surface area contributed by atoms with Crippen LogP contribution >= 0.6 is 0 Å². The molecule has 2 atom stereocenters. The van der Waals surface area contributed by atoms with Crippen molar-refractivity contribution in [1.29, 1.82) is 0 Å². The Morgan fingerprint density at radius 2 is 1.96 bits per heavy atom. The quantitative estimate of drug-likeness (QED) is 0.313. The predicted octanol–water partition coefficient (Wildman–Crippen LogP) is 4.21. The second-order valence-corrected chi connectivity index (χ2v) is 6.20. The lowest BCUT2D eigenvalue weighted by Crippen LogP contribution is -2.14. The number of allylic oxidation sites excluding steroid dienone is 3. The first-order chi connectivity index (χ1) is 11.2. The van der Waals surface area contributed by atoms with Crippen molar-refractivity contribution in [3.63, 3.8) is 0 Å². The van der Waals surface area contributed by atoms with E-state index in [2.05, 4.69) is 13.0 Å². The Kier molecular flexibility index (Phi) is 11.5. The molecule has 1 saturated heterocycles. The van der Waals surface area contributed by atoms with E-state index in [1.165, 1.54) is 31.8 Å². The average molecular weight is 324 g/mol. The number of carboxylic acid groups (broad SMARTS) is 1. The van der Waals surface area contributed by atoms with Gasteiger partial charge in [0.1, 0.15) is 0 Å². The number of carbonyl (C=O) groups is 1. The molecule has 1 aliphatic rings. The summed E-state index contributed by atoms with van der Waals surface area (Å²) in [6.45, 7) is 5.61. The van der Waals surface area contributed by atoms with Crippen LogP contribution in [0.1, 0.15) is 51.9 Å². The Morgan fingerprint density at radius 3 is 2.74 bits per heavy atom. The van der Waals surface area contributed by atoms with Crippen molar-refractivity contribution in [3.05, 3.63) is 24.3 Å². The smallest absolute Gasteiger partial charge is 0.327 e. The summed E-state index contributed by atoms with van der Waals surface area (Å²) < 4.78 is 11.3. The number of unbranched alkanes of at least 4 members (excludes halogenated alkanes) is 3. The molecule has 4 heteroatoms. The maximum absolute atomic E-state index is 10.3. The molecule has 0 spiro atoms. The molecule has 4 nitrogen and oxygen atoms in total. The number of hydrogen-bond acceptors (Lipinski definition) is 3. The third kappa shape index (κ3) is 10.3. The van der Waals surface area contributed by atoms with Gasteiger partial charge in [0.15, 0.2) is 0 Å². The Bertz CT molecular complexity index is 362. The van der Waals surface area contributed by atoms with Crippen molar-refractivity contribution >= 4 is 5.97 Å². The number of aliphatic carboxylic acids is 1. The van der Waals surface area contributed by atoms with E-state index in [0.717, 1.165) is 39.3 Å². The van der Waals surface area contributed by atoms with E-state index in [-0.39, 0.29) is 0 Å². The van der Waals surface area contributed by atoms with Crippen molar-refractivity contribution in [3.8, 4) is 0 Å². The molecule has 0 bridgehead atoms. The van der Waals surface area contributed by atoms with Gasteiger partial charge in [0, 0.05) is 25.9 Å². The van der Waals surface area contributed by atoms with E-state index < -0.39 is 5.97 Å². The normalized spacial score (nSPS) is 21.6. The molecule has 0 radical (unpaired) electrons. The number of ether oxygens (including phenoxy) is 2. The summed E-state index contributed by atoms with van der Waals surface area (Å²) in [5, 5.41) is 8.50. The zero-order chi connectivity index (χ0) is 16.8. The zero-order valence-electron chi connectivity index (χ0n) is 14.4. The summed E-state index contributed by atoms with van der Waals surface area (Å²) in [6.07, 6.45) is 14.8. The van der Waals surface area contributed by atoms with Crippen LogP contribution in [0, 0.1) is 11.8 Å². The van der Waals surface area contributed by atoms with E-state index in [9.17, 15) is 4.79 Å². The van der Waals surface area contributed by atoms with E-state index in [1.54, 1.807) is 6.08 Å². The van der Waals surface area contributed by atoms with Crippen LogP contribution in [0.25, 0.3) is 0 Å². The molecule has 0 amide bonds. The van der Waals surface area contributed by atoms with Gasteiger partial charge >= 0.3 is 5.97 Å². The van der Waals surface area contributed by atoms with Gasteiger partial charge in [-0.25, -0.2) is 4.79 Å². The Balaban J connectivity index is 2.09. The fraction of sp³-hybridized carbons (Fsp3) is 0.737. The zero-order valence-corrected chi connectivity index (χ0v) is 14.4. The number of rotatable bonds is 13. The van der Waals surface area contributed by atoms with Crippen LogP contribution in [0.15, 0.2) is 24.3 Å². The van der Waals surface area contributed by atoms with Gasteiger partial charge in [-0.05, 0) is 37.5 Å². The molecule has 0 aromatic carbocycles.